The van der Waals surface area contributed by atoms with Gasteiger partial charge in [-0.3, -0.25) is 14.8 Å². The number of pyridine rings is 2. The van der Waals surface area contributed by atoms with E-state index in [0.29, 0.717) is 11.7 Å². The minimum absolute atomic E-state index is 0.249. The number of allylic oxidation sites excluding steroid dienone is 3. The van der Waals surface area contributed by atoms with Crippen molar-refractivity contribution in [1.29, 1.82) is 0 Å². The van der Waals surface area contributed by atoms with Crippen molar-refractivity contribution in [3.8, 4) is 11.1 Å². The van der Waals surface area contributed by atoms with Crippen LogP contribution in [0.5, 0.6) is 0 Å². The summed E-state index contributed by atoms with van der Waals surface area (Å²) in [6.45, 7) is 0. The molecule has 0 aromatic carbocycles. The molecule has 0 spiro atoms. The van der Waals surface area contributed by atoms with E-state index in [1.165, 1.54) is 12.8 Å². The molecule has 1 fully saturated rings. The molecule has 1 N–H and O–H groups in total. The summed E-state index contributed by atoms with van der Waals surface area (Å²) in [4.78, 5) is 21.3. The predicted octanol–water partition coefficient (Wildman–Crippen LogP) is 3.97. The van der Waals surface area contributed by atoms with E-state index in [2.05, 4.69) is 64.8 Å². The number of carbonyl (C=O) groups is 1. The van der Waals surface area contributed by atoms with Crippen molar-refractivity contribution in [2.45, 2.75) is 28.7 Å². The molecule has 3 aromatic rings. The Labute approximate surface area is 187 Å². The number of rotatable bonds is 5. The van der Waals surface area contributed by atoms with Crippen molar-refractivity contribution in [3.63, 3.8) is 0 Å². The molecule has 1 saturated carbocycles. The Morgan fingerprint density at radius 1 is 1.23 bits per heavy atom. The van der Waals surface area contributed by atoms with Crippen LogP contribution in [0.25, 0.3) is 11.1 Å². The summed E-state index contributed by atoms with van der Waals surface area (Å²) < 4.78 is 1.82. The zero-order valence-corrected chi connectivity index (χ0v) is 18.2. The van der Waals surface area contributed by atoms with Gasteiger partial charge in [-0.25, -0.2) is 0 Å². The van der Waals surface area contributed by atoms with Gasteiger partial charge in [-0.05, 0) is 55.2 Å². The highest BCUT2D eigenvalue weighted by atomic mass is 127. The van der Waals surface area contributed by atoms with Gasteiger partial charge >= 0.3 is 0 Å². The first kappa shape index (κ1) is 19.1. The lowest BCUT2D eigenvalue weighted by Crippen LogP contribution is -2.29. The number of nitrogens with one attached hydrogen (secondary N) is 1. The van der Waals surface area contributed by atoms with Crippen molar-refractivity contribution in [2.75, 3.05) is 0 Å². The van der Waals surface area contributed by atoms with Gasteiger partial charge in [-0.15, -0.1) is 10.2 Å². The number of nitrogens with zero attached hydrogens (tertiary/aromatic N) is 5. The molecule has 8 heteroatoms. The predicted molar refractivity (Wildman–Crippen MR) is 121 cm³/mol. The topological polar surface area (TPSA) is 85.6 Å². The van der Waals surface area contributed by atoms with Gasteiger partial charge in [0.05, 0.1) is 0 Å². The minimum Gasteiger partial charge on any atom is -0.321 e. The lowest BCUT2D eigenvalue weighted by molar-refractivity contribution is 0.0962. The molecule has 1 amide bonds. The standard InChI is InChI=1S/C22H19IN6O/c23-22(21-28-26-14-29(21)18-5-6-18)8-1-4-17(12-22)27-20(30)19-11-15(7-10-25-19)16-3-2-9-24-13-16/h1-4,7,9-14,18H,5-6,8H2,(H,27,30). The molecule has 0 bridgehead atoms. The third-order valence-electron chi connectivity index (χ3n) is 5.23. The van der Waals surface area contributed by atoms with Gasteiger partial charge in [0.1, 0.15) is 15.4 Å². The van der Waals surface area contributed by atoms with E-state index >= 15 is 0 Å². The SMILES string of the molecule is O=C(NC1=CC(I)(c2nncn2C2CC2)CC=C1)c1cc(-c2cccnc2)ccn1. The van der Waals surface area contributed by atoms with Gasteiger partial charge in [-0.2, -0.15) is 0 Å². The fraction of sp³-hybridized carbons (Fsp3) is 0.227. The number of hydrogen-bond donors (Lipinski definition) is 1. The molecule has 1 unspecified atom stereocenters. The summed E-state index contributed by atoms with van der Waals surface area (Å²) in [6, 6.07) is 7.97. The summed E-state index contributed by atoms with van der Waals surface area (Å²) in [6.07, 6.45) is 16.1. The Hall–Kier alpha value is -2.88. The van der Waals surface area contributed by atoms with Crippen LogP contribution in [0.15, 0.2) is 73.1 Å². The maximum absolute atomic E-state index is 12.9. The Kier molecular flexibility index (Phi) is 4.93. The zero-order chi connectivity index (χ0) is 20.6. The lowest BCUT2D eigenvalue weighted by Gasteiger charge is -2.26. The molecular formula is C22H19IN6O. The largest absolute Gasteiger partial charge is 0.321 e. The van der Waals surface area contributed by atoms with Crippen molar-refractivity contribution >= 4 is 28.5 Å². The van der Waals surface area contributed by atoms with Gasteiger partial charge in [0.2, 0.25) is 0 Å². The maximum atomic E-state index is 12.9. The van der Waals surface area contributed by atoms with E-state index in [-0.39, 0.29) is 9.33 Å². The fourth-order valence-electron chi connectivity index (χ4n) is 3.57. The first-order chi connectivity index (χ1) is 14.6. The second-order valence-corrected chi connectivity index (χ2v) is 9.41. The van der Waals surface area contributed by atoms with E-state index < -0.39 is 0 Å². The molecule has 0 radical (unpaired) electrons. The minimum atomic E-state index is -0.348. The Balaban J connectivity index is 1.38. The number of alkyl halides is 1. The molecule has 150 valence electrons. The zero-order valence-electron chi connectivity index (χ0n) is 16.1. The van der Waals surface area contributed by atoms with E-state index in [0.717, 1.165) is 29.1 Å². The van der Waals surface area contributed by atoms with Crippen LogP contribution in [0.4, 0.5) is 0 Å². The Morgan fingerprint density at radius 3 is 2.93 bits per heavy atom. The molecule has 5 rings (SSSR count). The Morgan fingerprint density at radius 2 is 2.13 bits per heavy atom. The average Bonchev–Trinajstić information content (AvgIpc) is 3.50. The quantitative estimate of drug-likeness (QED) is 0.415. The van der Waals surface area contributed by atoms with Crippen LogP contribution in [0.1, 0.15) is 41.6 Å². The van der Waals surface area contributed by atoms with Gasteiger partial charge < -0.3 is 9.88 Å². The number of amides is 1. The summed E-state index contributed by atoms with van der Waals surface area (Å²) in [5.74, 6) is 0.680. The smallest absolute Gasteiger partial charge is 0.274 e. The van der Waals surface area contributed by atoms with Crippen LogP contribution in [-0.2, 0) is 3.42 Å². The lowest BCUT2D eigenvalue weighted by atomic mass is 9.97. The Bertz CT molecular complexity index is 1150. The molecule has 0 saturated heterocycles. The normalized spacial score (nSPS) is 20.6. The maximum Gasteiger partial charge on any atom is 0.274 e. The van der Waals surface area contributed by atoms with E-state index in [4.69, 9.17) is 0 Å². The van der Waals surface area contributed by atoms with Crippen molar-refractivity contribution in [1.82, 2.24) is 30.0 Å². The molecule has 3 heterocycles. The average molecular weight is 510 g/mol. The first-order valence-corrected chi connectivity index (χ1v) is 10.9. The van der Waals surface area contributed by atoms with Gasteiger partial charge in [-0.1, -0.05) is 34.7 Å². The second kappa shape index (κ2) is 7.75. The van der Waals surface area contributed by atoms with Crippen LogP contribution in [0.2, 0.25) is 0 Å². The first-order valence-electron chi connectivity index (χ1n) is 9.78. The van der Waals surface area contributed by atoms with Gasteiger partial charge in [0, 0.05) is 35.9 Å². The van der Waals surface area contributed by atoms with E-state index in [1.54, 1.807) is 24.7 Å². The van der Waals surface area contributed by atoms with Crippen molar-refractivity contribution in [3.05, 3.63) is 84.6 Å². The summed E-state index contributed by atoms with van der Waals surface area (Å²) in [7, 11) is 0. The van der Waals surface area contributed by atoms with Crippen molar-refractivity contribution < 1.29 is 4.79 Å². The summed E-state index contributed by atoms with van der Waals surface area (Å²) in [5.41, 5.74) is 2.93. The van der Waals surface area contributed by atoms with Crippen LogP contribution in [-0.4, -0.2) is 30.6 Å². The highest BCUT2D eigenvalue weighted by molar-refractivity contribution is 14.1. The second-order valence-electron chi connectivity index (χ2n) is 7.49. The van der Waals surface area contributed by atoms with Crippen LogP contribution >= 0.6 is 22.6 Å². The van der Waals surface area contributed by atoms with Crippen LogP contribution < -0.4 is 5.32 Å². The summed E-state index contributed by atoms with van der Waals surface area (Å²) >= 11 is 2.40. The van der Waals surface area contributed by atoms with Gasteiger partial charge in [0.15, 0.2) is 5.82 Å². The van der Waals surface area contributed by atoms with E-state index in [1.807, 2.05) is 30.6 Å². The fourth-order valence-corrected chi connectivity index (χ4v) is 4.54. The molecule has 3 aromatic heterocycles. The third kappa shape index (κ3) is 3.79. The highest BCUT2D eigenvalue weighted by Crippen LogP contribution is 2.44. The molecular weight excluding hydrogens is 491 g/mol. The third-order valence-corrected chi connectivity index (χ3v) is 6.46. The van der Waals surface area contributed by atoms with Crippen molar-refractivity contribution in [2.24, 2.45) is 0 Å². The molecule has 1 atom stereocenters. The van der Waals surface area contributed by atoms with Gasteiger partial charge in [0.25, 0.3) is 5.91 Å². The number of aromatic nitrogens is 5. The number of halogens is 1. The van der Waals surface area contributed by atoms with Crippen LogP contribution in [0.3, 0.4) is 0 Å². The van der Waals surface area contributed by atoms with Crippen LogP contribution in [0, 0.1) is 0 Å². The molecule has 2 aliphatic carbocycles. The molecule has 0 aliphatic heterocycles. The molecule has 2 aliphatic rings. The molecule has 30 heavy (non-hydrogen) atoms. The summed E-state index contributed by atoms with van der Waals surface area (Å²) in [5, 5.41) is 11.5. The molecule has 7 nitrogen and oxygen atoms in total. The number of hydrogen-bond acceptors (Lipinski definition) is 5. The monoisotopic (exact) mass is 510 g/mol. The van der Waals surface area contributed by atoms with E-state index in [9.17, 15) is 4.79 Å². The number of carbonyl (C=O) groups excluding carboxylic acids is 1. The highest BCUT2D eigenvalue weighted by Gasteiger charge is 2.37.